The van der Waals surface area contributed by atoms with Crippen molar-refractivity contribution in [3.8, 4) is 0 Å². The molecule has 1 aromatic rings. The summed E-state index contributed by atoms with van der Waals surface area (Å²) in [4.78, 5) is 0. The van der Waals surface area contributed by atoms with Gasteiger partial charge in [0.25, 0.3) is 0 Å². The van der Waals surface area contributed by atoms with Crippen molar-refractivity contribution >= 4 is 5.69 Å². The molecule has 0 aliphatic rings. The summed E-state index contributed by atoms with van der Waals surface area (Å²) in [7, 11) is 0. The summed E-state index contributed by atoms with van der Waals surface area (Å²) in [5.74, 6) is 0. The molecule has 0 spiro atoms. The molecule has 0 aliphatic heterocycles. The van der Waals surface area contributed by atoms with Gasteiger partial charge >= 0.3 is 0 Å². The molecule has 0 saturated carbocycles. The topological polar surface area (TPSA) is 26.0 Å². The zero-order valence-corrected chi connectivity index (χ0v) is 13.3. The van der Waals surface area contributed by atoms with Gasteiger partial charge in [0.1, 0.15) is 0 Å². The number of hydrogen-bond donors (Lipinski definition) is 1. The van der Waals surface area contributed by atoms with Crippen LogP contribution >= 0.6 is 0 Å². The highest BCUT2D eigenvalue weighted by atomic mass is 14.5. The van der Waals surface area contributed by atoms with Crippen LogP contribution in [0.25, 0.3) is 0 Å². The predicted molar refractivity (Wildman–Crippen MR) is 86.1 cm³/mol. The van der Waals surface area contributed by atoms with Gasteiger partial charge < -0.3 is 5.73 Å². The molecule has 0 bridgehead atoms. The van der Waals surface area contributed by atoms with Crippen LogP contribution in [0.2, 0.25) is 0 Å². The van der Waals surface area contributed by atoms with Gasteiger partial charge in [-0.1, -0.05) is 59.9 Å². The minimum atomic E-state index is 0.890. The standard InChI is InChI=1S/C13H21N.2C2H6/c1-3-4-5-6-7-12-10-13(14)9-8-11(12)2;2*1-2/h8-10H,3-7,14H2,1-2H3;2*1-2H3. The van der Waals surface area contributed by atoms with Gasteiger partial charge in [-0.25, -0.2) is 0 Å². The summed E-state index contributed by atoms with van der Waals surface area (Å²) in [5, 5.41) is 0. The molecule has 0 aliphatic carbocycles. The van der Waals surface area contributed by atoms with Crippen molar-refractivity contribution in [2.24, 2.45) is 0 Å². The van der Waals surface area contributed by atoms with Crippen molar-refractivity contribution in [2.45, 2.75) is 73.6 Å². The lowest BCUT2D eigenvalue weighted by atomic mass is 10.0. The van der Waals surface area contributed by atoms with E-state index < -0.39 is 0 Å². The number of nitrogens with two attached hydrogens (primary N) is 1. The van der Waals surface area contributed by atoms with Crippen LogP contribution in [0.3, 0.4) is 0 Å². The Morgan fingerprint density at radius 1 is 0.944 bits per heavy atom. The Morgan fingerprint density at radius 3 is 2.11 bits per heavy atom. The van der Waals surface area contributed by atoms with Crippen molar-refractivity contribution in [2.75, 3.05) is 5.73 Å². The van der Waals surface area contributed by atoms with Gasteiger partial charge in [-0.3, -0.25) is 0 Å². The number of aryl methyl sites for hydroxylation is 2. The maximum atomic E-state index is 5.76. The molecule has 106 valence electrons. The van der Waals surface area contributed by atoms with Gasteiger partial charge in [-0.2, -0.15) is 0 Å². The molecule has 18 heavy (non-hydrogen) atoms. The molecule has 2 N–H and O–H groups in total. The molecule has 0 aromatic heterocycles. The average molecular weight is 251 g/mol. The number of hydrogen-bond acceptors (Lipinski definition) is 1. The predicted octanol–water partition coefficient (Wildman–Crippen LogP) is 5.75. The van der Waals surface area contributed by atoms with Crippen LogP contribution < -0.4 is 5.73 Å². The highest BCUT2D eigenvalue weighted by molar-refractivity contribution is 5.44. The Bertz CT molecular complexity index is 279. The summed E-state index contributed by atoms with van der Waals surface area (Å²) >= 11 is 0. The summed E-state index contributed by atoms with van der Waals surface area (Å²) < 4.78 is 0. The van der Waals surface area contributed by atoms with Gasteiger partial charge in [-0.05, 0) is 43.0 Å². The largest absolute Gasteiger partial charge is 0.399 e. The third kappa shape index (κ3) is 9.09. The monoisotopic (exact) mass is 251 g/mol. The lowest BCUT2D eigenvalue weighted by molar-refractivity contribution is 0.666. The molecule has 0 fully saturated rings. The molecule has 0 atom stereocenters. The van der Waals surface area contributed by atoms with E-state index >= 15 is 0 Å². The molecule has 0 saturated heterocycles. The summed E-state index contributed by atoms with van der Waals surface area (Å²) in [6, 6.07) is 6.21. The van der Waals surface area contributed by atoms with Crippen molar-refractivity contribution < 1.29 is 0 Å². The van der Waals surface area contributed by atoms with Crippen LogP contribution in [0.15, 0.2) is 18.2 Å². The fourth-order valence-electron chi connectivity index (χ4n) is 1.70. The number of nitrogen functional groups attached to an aromatic ring is 1. The normalized spacial score (nSPS) is 8.78. The highest BCUT2D eigenvalue weighted by Crippen LogP contribution is 2.15. The maximum absolute atomic E-state index is 5.76. The first-order valence-electron chi connectivity index (χ1n) is 7.59. The molecule has 0 heterocycles. The maximum Gasteiger partial charge on any atom is 0.0316 e. The molecule has 1 heteroatoms. The van der Waals surface area contributed by atoms with Gasteiger partial charge in [0, 0.05) is 5.69 Å². The van der Waals surface area contributed by atoms with Crippen molar-refractivity contribution in [1.29, 1.82) is 0 Å². The first-order valence-corrected chi connectivity index (χ1v) is 7.59. The fourth-order valence-corrected chi connectivity index (χ4v) is 1.70. The summed E-state index contributed by atoms with van der Waals surface area (Å²) in [6.07, 6.45) is 6.46. The zero-order chi connectivity index (χ0) is 14.4. The van der Waals surface area contributed by atoms with Crippen molar-refractivity contribution in [1.82, 2.24) is 0 Å². The van der Waals surface area contributed by atoms with Crippen molar-refractivity contribution in [3.05, 3.63) is 29.3 Å². The van der Waals surface area contributed by atoms with Gasteiger partial charge in [0.15, 0.2) is 0 Å². The SMILES string of the molecule is CC.CC.CCCCCCc1cc(N)ccc1C. The molecule has 0 amide bonds. The molecule has 1 rings (SSSR count). The number of benzene rings is 1. The third-order valence-electron chi connectivity index (χ3n) is 2.67. The van der Waals surface area contributed by atoms with E-state index in [1.807, 2.05) is 33.8 Å². The van der Waals surface area contributed by atoms with E-state index in [4.69, 9.17) is 5.73 Å². The Morgan fingerprint density at radius 2 is 1.56 bits per heavy atom. The second kappa shape index (κ2) is 14.1. The molecular weight excluding hydrogens is 218 g/mol. The Hall–Kier alpha value is -0.980. The zero-order valence-electron chi connectivity index (χ0n) is 13.3. The smallest absolute Gasteiger partial charge is 0.0316 e. The van der Waals surface area contributed by atoms with Crippen LogP contribution in [-0.4, -0.2) is 0 Å². The minimum Gasteiger partial charge on any atom is -0.399 e. The molecule has 1 aromatic carbocycles. The van der Waals surface area contributed by atoms with E-state index in [9.17, 15) is 0 Å². The van der Waals surface area contributed by atoms with E-state index in [1.165, 1.54) is 43.2 Å². The lowest BCUT2D eigenvalue weighted by Crippen LogP contribution is -1.93. The number of rotatable bonds is 5. The molecule has 1 nitrogen and oxygen atoms in total. The quantitative estimate of drug-likeness (QED) is 0.523. The van der Waals surface area contributed by atoms with Gasteiger partial charge in [0.05, 0.1) is 0 Å². The fraction of sp³-hybridized carbons (Fsp3) is 0.647. The minimum absolute atomic E-state index is 0.890. The first-order chi connectivity index (χ1) is 8.74. The lowest BCUT2D eigenvalue weighted by Gasteiger charge is -2.06. The van der Waals surface area contributed by atoms with E-state index in [0.717, 1.165) is 5.69 Å². The highest BCUT2D eigenvalue weighted by Gasteiger charge is 1.98. The van der Waals surface area contributed by atoms with E-state index in [0.29, 0.717) is 0 Å². The number of anilines is 1. The Labute approximate surface area is 115 Å². The number of unbranched alkanes of at least 4 members (excludes halogenated alkanes) is 3. The Kier molecular flexibility index (Phi) is 15.1. The molecular formula is C17H33N. The molecule has 0 radical (unpaired) electrons. The van der Waals surface area contributed by atoms with Crippen LogP contribution in [0.5, 0.6) is 0 Å². The van der Waals surface area contributed by atoms with Crippen LogP contribution in [0, 0.1) is 6.92 Å². The second-order valence-corrected chi connectivity index (χ2v) is 4.00. The van der Waals surface area contributed by atoms with E-state index in [-0.39, 0.29) is 0 Å². The van der Waals surface area contributed by atoms with Gasteiger partial charge in [-0.15, -0.1) is 0 Å². The average Bonchev–Trinajstić information content (AvgIpc) is 2.43. The van der Waals surface area contributed by atoms with Crippen LogP contribution in [0.4, 0.5) is 5.69 Å². The first kappa shape index (κ1) is 19.4. The third-order valence-corrected chi connectivity index (χ3v) is 2.67. The van der Waals surface area contributed by atoms with Crippen LogP contribution in [-0.2, 0) is 6.42 Å². The van der Waals surface area contributed by atoms with Gasteiger partial charge in [0.2, 0.25) is 0 Å². The summed E-state index contributed by atoms with van der Waals surface area (Å²) in [5.41, 5.74) is 9.44. The van der Waals surface area contributed by atoms with E-state index in [1.54, 1.807) is 0 Å². The Balaban J connectivity index is 0. The van der Waals surface area contributed by atoms with Crippen LogP contribution in [0.1, 0.15) is 71.4 Å². The van der Waals surface area contributed by atoms with E-state index in [2.05, 4.69) is 26.0 Å². The van der Waals surface area contributed by atoms with Crippen molar-refractivity contribution in [3.63, 3.8) is 0 Å². The summed E-state index contributed by atoms with van der Waals surface area (Å²) in [6.45, 7) is 12.4. The second-order valence-electron chi connectivity index (χ2n) is 4.00. The molecule has 0 unspecified atom stereocenters.